The summed E-state index contributed by atoms with van der Waals surface area (Å²) in [7, 11) is 0. The number of aromatic amines is 1. The maximum atomic E-state index is 12.2. The van der Waals surface area contributed by atoms with Crippen LogP contribution in [0.5, 0.6) is 0 Å². The number of alkyl halides is 3. The van der Waals surface area contributed by atoms with Crippen molar-refractivity contribution >= 4 is 5.91 Å². The number of amides is 1. The third-order valence-corrected chi connectivity index (χ3v) is 2.31. The predicted octanol–water partition coefficient (Wildman–Crippen LogP) is 1.03. The number of carbonyl (C=O) groups excluding carboxylic acids is 1. The Hall–Kier alpha value is -1.53. The standard InChI is InChI=1S/C8H8F3N3O/c9-8(10,11)6-2-5(13-14-6)4-1-7(15)12-3-4/h2,4H,1,3H2,(H,12,15)(H,13,14). The van der Waals surface area contributed by atoms with E-state index in [1.54, 1.807) is 0 Å². The van der Waals surface area contributed by atoms with E-state index in [0.29, 0.717) is 12.2 Å². The molecule has 1 aromatic heterocycles. The van der Waals surface area contributed by atoms with E-state index in [4.69, 9.17) is 0 Å². The van der Waals surface area contributed by atoms with Gasteiger partial charge in [-0.3, -0.25) is 9.89 Å². The van der Waals surface area contributed by atoms with E-state index in [1.807, 2.05) is 0 Å². The summed E-state index contributed by atoms with van der Waals surface area (Å²) in [6, 6.07) is 0.949. The molecule has 1 fully saturated rings. The van der Waals surface area contributed by atoms with Crippen molar-refractivity contribution < 1.29 is 18.0 Å². The third-order valence-electron chi connectivity index (χ3n) is 2.31. The van der Waals surface area contributed by atoms with Gasteiger partial charge in [0.25, 0.3) is 0 Å². The molecule has 1 amide bonds. The van der Waals surface area contributed by atoms with Gasteiger partial charge in [-0.25, -0.2) is 0 Å². The second kappa shape index (κ2) is 3.25. The molecule has 1 unspecified atom stereocenters. The first-order valence-electron chi connectivity index (χ1n) is 4.36. The van der Waals surface area contributed by atoms with Crippen LogP contribution in [0, 0.1) is 0 Å². The first-order chi connectivity index (χ1) is 6.97. The largest absolute Gasteiger partial charge is 0.435 e. The monoisotopic (exact) mass is 219 g/mol. The molecule has 2 rings (SSSR count). The van der Waals surface area contributed by atoms with E-state index >= 15 is 0 Å². The van der Waals surface area contributed by atoms with Crippen LogP contribution in [0.2, 0.25) is 0 Å². The molecule has 0 bridgehead atoms. The van der Waals surface area contributed by atoms with Crippen molar-refractivity contribution in [3.05, 3.63) is 17.5 Å². The minimum Gasteiger partial charge on any atom is -0.355 e. The van der Waals surface area contributed by atoms with Crippen LogP contribution >= 0.6 is 0 Å². The fraction of sp³-hybridized carbons (Fsp3) is 0.500. The molecule has 0 radical (unpaired) electrons. The summed E-state index contributed by atoms with van der Waals surface area (Å²) in [6.45, 7) is 0.359. The Labute approximate surface area is 82.9 Å². The average molecular weight is 219 g/mol. The topological polar surface area (TPSA) is 57.8 Å². The lowest BCUT2D eigenvalue weighted by atomic mass is 10.0. The fourth-order valence-corrected chi connectivity index (χ4v) is 1.52. The number of hydrogen-bond acceptors (Lipinski definition) is 2. The Bertz CT molecular complexity index is 385. The van der Waals surface area contributed by atoms with Gasteiger partial charge in [0.2, 0.25) is 5.91 Å². The molecule has 82 valence electrons. The molecule has 0 aliphatic carbocycles. The zero-order valence-electron chi connectivity index (χ0n) is 7.56. The van der Waals surface area contributed by atoms with Crippen molar-refractivity contribution in [1.29, 1.82) is 0 Å². The minimum atomic E-state index is -4.44. The van der Waals surface area contributed by atoms with E-state index < -0.39 is 11.9 Å². The summed E-state index contributed by atoms with van der Waals surface area (Å²) < 4.78 is 36.6. The van der Waals surface area contributed by atoms with Gasteiger partial charge in [-0.05, 0) is 6.07 Å². The molecule has 2 heterocycles. The number of halogens is 3. The first-order valence-corrected chi connectivity index (χ1v) is 4.36. The van der Waals surface area contributed by atoms with Crippen LogP contribution in [0.1, 0.15) is 23.7 Å². The van der Waals surface area contributed by atoms with Crippen LogP contribution in [-0.4, -0.2) is 22.6 Å². The van der Waals surface area contributed by atoms with Crippen LogP contribution in [0.15, 0.2) is 6.07 Å². The van der Waals surface area contributed by atoms with Crippen molar-refractivity contribution in [2.45, 2.75) is 18.5 Å². The molecular weight excluding hydrogens is 211 g/mol. The minimum absolute atomic E-state index is 0.150. The summed E-state index contributed by atoms with van der Waals surface area (Å²) >= 11 is 0. The highest BCUT2D eigenvalue weighted by molar-refractivity contribution is 5.79. The van der Waals surface area contributed by atoms with E-state index in [-0.39, 0.29) is 18.2 Å². The Morgan fingerprint density at radius 1 is 1.47 bits per heavy atom. The van der Waals surface area contributed by atoms with E-state index in [9.17, 15) is 18.0 Å². The number of rotatable bonds is 1. The van der Waals surface area contributed by atoms with Gasteiger partial charge in [-0.1, -0.05) is 0 Å². The highest BCUT2D eigenvalue weighted by Gasteiger charge is 2.35. The van der Waals surface area contributed by atoms with Crippen molar-refractivity contribution in [3.63, 3.8) is 0 Å². The number of carbonyl (C=O) groups is 1. The molecular formula is C8H8F3N3O. The molecule has 1 atom stereocenters. The van der Waals surface area contributed by atoms with E-state index in [1.165, 1.54) is 0 Å². The van der Waals surface area contributed by atoms with Gasteiger partial charge in [-0.15, -0.1) is 0 Å². The van der Waals surface area contributed by atoms with Gasteiger partial charge in [-0.2, -0.15) is 18.3 Å². The summed E-state index contributed by atoms with van der Waals surface area (Å²) in [4.78, 5) is 10.9. The highest BCUT2D eigenvalue weighted by atomic mass is 19.4. The molecule has 7 heteroatoms. The van der Waals surface area contributed by atoms with Gasteiger partial charge in [0.15, 0.2) is 5.69 Å². The van der Waals surface area contributed by atoms with E-state index in [2.05, 4.69) is 15.5 Å². The summed E-state index contributed by atoms with van der Waals surface area (Å²) in [6.07, 6.45) is -4.23. The number of nitrogens with one attached hydrogen (secondary N) is 2. The molecule has 1 saturated heterocycles. The Balaban J connectivity index is 2.17. The van der Waals surface area contributed by atoms with Gasteiger partial charge in [0.1, 0.15) is 0 Å². The van der Waals surface area contributed by atoms with Crippen molar-refractivity contribution in [2.75, 3.05) is 6.54 Å². The van der Waals surface area contributed by atoms with Crippen LogP contribution in [0.3, 0.4) is 0 Å². The van der Waals surface area contributed by atoms with Gasteiger partial charge in [0, 0.05) is 24.6 Å². The number of hydrogen-bond donors (Lipinski definition) is 2. The van der Waals surface area contributed by atoms with Gasteiger partial charge in [0.05, 0.1) is 0 Å². The van der Waals surface area contributed by atoms with Crippen molar-refractivity contribution in [2.24, 2.45) is 0 Å². The molecule has 2 N–H and O–H groups in total. The van der Waals surface area contributed by atoms with E-state index in [0.717, 1.165) is 6.07 Å². The Morgan fingerprint density at radius 3 is 2.67 bits per heavy atom. The van der Waals surface area contributed by atoms with Crippen molar-refractivity contribution in [1.82, 2.24) is 15.5 Å². The summed E-state index contributed by atoms with van der Waals surface area (Å²) in [5.41, 5.74) is -0.600. The maximum Gasteiger partial charge on any atom is 0.435 e. The lowest BCUT2D eigenvalue weighted by Crippen LogP contribution is -2.13. The third kappa shape index (κ3) is 1.95. The average Bonchev–Trinajstić information content (AvgIpc) is 2.69. The first kappa shape index (κ1) is 10.0. The zero-order valence-corrected chi connectivity index (χ0v) is 7.56. The number of nitrogens with zero attached hydrogens (tertiary/aromatic N) is 1. The lowest BCUT2D eigenvalue weighted by molar-refractivity contribution is -0.141. The summed E-state index contributed by atoms with van der Waals surface area (Å²) in [5.74, 6) is -0.385. The molecule has 1 aliphatic rings. The zero-order chi connectivity index (χ0) is 11.1. The quantitative estimate of drug-likeness (QED) is 0.741. The summed E-state index contributed by atoms with van der Waals surface area (Å²) in [5, 5.41) is 8.03. The highest BCUT2D eigenvalue weighted by Crippen LogP contribution is 2.30. The number of aromatic nitrogens is 2. The Kier molecular flexibility index (Phi) is 2.17. The molecule has 1 aromatic rings. The van der Waals surface area contributed by atoms with Crippen LogP contribution in [0.25, 0.3) is 0 Å². The normalized spacial score (nSPS) is 21.8. The van der Waals surface area contributed by atoms with Crippen LogP contribution < -0.4 is 5.32 Å². The molecule has 15 heavy (non-hydrogen) atoms. The SMILES string of the molecule is O=C1CC(c2cc(C(F)(F)F)n[nH]2)CN1. The lowest BCUT2D eigenvalue weighted by Gasteiger charge is -2.02. The Morgan fingerprint density at radius 2 is 2.20 bits per heavy atom. The van der Waals surface area contributed by atoms with Crippen LogP contribution in [-0.2, 0) is 11.0 Å². The van der Waals surface area contributed by atoms with Gasteiger partial charge >= 0.3 is 6.18 Å². The molecule has 0 spiro atoms. The molecule has 0 saturated carbocycles. The molecule has 0 aromatic carbocycles. The molecule has 4 nitrogen and oxygen atoms in total. The number of H-pyrrole nitrogens is 1. The second-order valence-corrected chi connectivity index (χ2v) is 3.41. The smallest absolute Gasteiger partial charge is 0.355 e. The predicted molar refractivity (Wildman–Crippen MR) is 44.0 cm³/mol. The fourth-order valence-electron chi connectivity index (χ4n) is 1.52. The maximum absolute atomic E-state index is 12.2. The second-order valence-electron chi connectivity index (χ2n) is 3.41. The van der Waals surface area contributed by atoms with Crippen molar-refractivity contribution in [3.8, 4) is 0 Å². The van der Waals surface area contributed by atoms with Gasteiger partial charge < -0.3 is 5.32 Å². The van der Waals surface area contributed by atoms with Crippen LogP contribution in [0.4, 0.5) is 13.2 Å². The molecule has 1 aliphatic heterocycles.